The smallest absolute Gasteiger partial charge is 0.298 e. The zero-order valence-corrected chi connectivity index (χ0v) is 30.7. The molecule has 3 aromatic carbocycles. The summed E-state index contributed by atoms with van der Waals surface area (Å²) in [7, 11) is -3.31. The lowest BCUT2D eigenvalue weighted by atomic mass is 10.0. The lowest BCUT2D eigenvalue weighted by molar-refractivity contribution is -0.117. The highest BCUT2D eigenvalue weighted by Gasteiger charge is 2.37. The second-order valence-corrected chi connectivity index (χ2v) is 14.3. The quantitative estimate of drug-likeness (QED) is 0.0562. The second-order valence-electron chi connectivity index (χ2n) is 12.9. The van der Waals surface area contributed by atoms with E-state index in [-0.39, 0.29) is 22.9 Å². The van der Waals surface area contributed by atoms with Crippen LogP contribution in [0, 0.1) is 0 Å². The van der Waals surface area contributed by atoms with Crippen LogP contribution in [0.15, 0.2) is 87.0 Å². The first-order valence-corrected chi connectivity index (χ1v) is 19.7. The summed E-state index contributed by atoms with van der Waals surface area (Å²) in [6.45, 7) is 2.25. The summed E-state index contributed by atoms with van der Waals surface area (Å²) in [6, 6.07) is 16.0. The number of hydrogen-bond donors (Lipinski definition) is 2. The summed E-state index contributed by atoms with van der Waals surface area (Å²) in [5, 5.41) is 24.2. The van der Waals surface area contributed by atoms with Crippen LogP contribution in [0.2, 0.25) is 0 Å². The zero-order valence-electron chi connectivity index (χ0n) is 29.9. The molecule has 3 aromatic rings. The number of hydrazone groups is 1. The number of rotatable bonds is 23. The van der Waals surface area contributed by atoms with E-state index in [0.29, 0.717) is 23.6 Å². The third kappa shape index (κ3) is 12.5. The zero-order chi connectivity index (χ0) is 36.5. The predicted octanol–water partition coefficient (Wildman–Crippen LogP) is 10.6. The van der Waals surface area contributed by atoms with Gasteiger partial charge in [-0.2, -0.15) is 28.8 Å². The summed E-state index contributed by atoms with van der Waals surface area (Å²) >= 11 is 0. The third-order valence-electron chi connectivity index (χ3n) is 8.90. The molecular formula is C39H52N4O7S. The number of hydrogen-bond acceptors (Lipinski definition) is 9. The van der Waals surface area contributed by atoms with Gasteiger partial charge in [0.05, 0.1) is 24.2 Å². The number of amides is 1. The van der Waals surface area contributed by atoms with Gasteiger partial charge in [0.1, 0.15) is 16.4 Å². The number of nitrogens with zero attached hydrogens (tertiary/aromatic N) is 4. The highest BCUT2D eigenvalue weighted by Crippen LogP contribution is 2.35. The molecule has 0 spiro atoms. The van der Waals surface area contributed by atoms with Gasteiger partial charge in [-0.1, -0.05) is 115 Å². The molecule has 0 aromatic heterocycles. The van der Waals surface area contributed by atoms with Gasteiger partial charge < -0.3 is 14.6 Å². The number of aromatic hydroxyl groups is 1. The fourth-order valence-corrected chi connectivity index (χ4v) is 6.67. The van der Waals surface area contributed by atoms with Crippen LogP contribution in [0.5, 0.6) is 23.0 Å². The lowest BCUT2D eigenvalue weighted by Gasteiger charge is -2.15. The molecule has 11 nitrogen and oxygen atoms in total. The molecule has 1 amide bonds. The van der Waals surface area contributed by atoms with Crippen LogP contribution < -0.4 is 14.5 Å². The van der Waals surface area contributed by atoms with Crippen molar-refractivity contribution in [3.05, 3.63) is 66.7 Å². The number of para-hydroxylation sites is 1. The average Bonchev–Trinajstić information content (AvgIpc) is 3.43. The molecule has 0 bridgehead atoms. The van der Waals surface area contributed by atoms with Gasteiger partial charge in [0.15, 0.2) is 17.5 Å². The maximum absolute atomic E-state index is 13.8. The molecule has 1 aliphatic heterocycles. The average molecular weight is 721 g/mol. The molecule has 4 rings (SSSR count). The van der Waals surface area contributed by atoms with Crippen molar-refractivity contribution in [3.8, 4) is 23.0 Å². The van der Waals surface area contributed by atoms with Gasteiger partial charge in [0, 0.05) is 6.07 Å². The summed E-state index contributed by atoms with van der Waals surface area (Å²) < 4.78 is 45.8. The Labute approximate surface area is 302 Å². The summed E-state index contributed by atoms with van der Waals surface area (Å²) in [6.07, 6.45) is 19.1. The minimum atomic E-state index is -4.73. The fourth-order valence-electron chi connectivity index (χ4n) is 6.04. The van der Waals surface area contributed by atoms with E-state index in [0.717, 1.165) is 36.8 Å². The normalized spacial score (nSPS) is 14.7. The molecule has 0 aliphatic carbocycles. The first kappa shape index (κ1) is 39.5. The molecule has 1 aliphatic rings. The minimum Gasteiger partial charge on any atom is -0.504 e. The number of ether oxygens (including phenoxy) is 2. The molecule has 1 heterocycles. The van der Waals surface area contributed by atoms with Crippen LogP contribution in [0.3, 0.4) is 0 Å². The summed E-state index contributed by atoms with van der Waals surface area (Å²) in [4.78, 5) is 13.3. The molecular weight excluding hydrogens is 669 g/mol. The second kappa shape index (κ2) is 20.5. The van der Waals surface area contributed by atoms with Crippen LogP contribution in [-0.2, 0) is 14.9 Å². The maximum atomic E-state index is 13.8. The van der Waals surface area contributed by atoms with Crippen molar-refractivity contribution in [1.82, 2.24) is 0 Å². The Hall–Kier alpha value is -4.29. The van der Waals surface area contributed by atoms with E-state index in [1.54, 1.807) is 36.4 Å². The van der Waals surface area contributed by atoms with E-state index in [2.05, 4.69) is 22.3 Å². The van der Waals surface area contributed by atoms with Crippen molar-refractivity contribution in [2.45, 2.75) is 121 Å². The number of phenolic OH excluding ortho intramolecular Hbond substituents is 1. The molecule has 1 unspecified atom stereocenters. The molecule has 0 radical (unpaired) electrons. The van der Waals surface area contributed by atoms with E-state index < -0.39 is 27.0 Å². The minimum absolute atomic E-state index is 0.0516. The Morgan fingerprint density at radius 1 is 0.784 bits per heavy atom. The Kier molecular flexibility index (Phi) is 15.9. The van der Waals surface area contributed by atoms with Gasteiger partial charge in [0.2, 0.25) is 0 Å². The van der Waals surface area contributed by atoms with Crippen molar-refractivity contribution in [1.29, 1.82) is 0 Å². The number of carbonyl (C=O) groups is 1. The van der Waals surface area contributed by atoms with Crippen LogP contribution in [-0.4, -0.2) is 42.8 Å². The van der Waals surface area contributed by atoms with Crippen molar-refractivity contribution < 1.29 is 32.3 Å². The highest BCUT2D eigenvalue weighted by molar-refractivity contribution is 7.86. The molecule has 2 N–H and O–H groups in total. The van der Waals surface area contributed by atoms with Crippen molar-refractivity contribution in [2.24, 2.45) is 15.3 Å². The Balaban J connectivity index is 1.39. The maximum Gasteiger partial charge on any atom is 0.298 e. The molecule has 51 heavy (non-hydrogen) atoms. The first-order chi connectivity index (χ1) is 24.7. The standard InChI is InChI=1S/C39H52N4O7S/c1-3-4-5-6-7-8-9-10-11-12-13-14-15-16-20-23-33-38(41-40-30-24-26-34(44)36(28-30)49-2)39(45)43(42-33)31-25-27-35(37(29-31)51(46,47)48)50-32-21-18-17-19-22-32/h17-19,21-22,24-29,38,44H,3-16,20,23H2,1-2H3,(H,46,47,48)/b41-40+. The van der Waals surface area contributed by atoms with Crippen LogP contribution in [0.4, 0.5) is 11.4 Å². The topological polar surface area (TPSA) is 150 Å². The number of carbonyl (C=O) groups excluding carboxylic acids is 1. The van der Waals surface area contributed by atoms with E-state index in [1.165, 1.54) is 102 Å². The predicted molar refractivity (Wildman–Crippen MR) is 200 cm³/mol. The number of benzene rings is 3. The molecule has 12 heteroatoms. The van der Waals surface area contributed by atoms with E-state index in [4.69, 9.17) is 9.47 Å². The van der Waals surface area contributed by atoms with Gasteiger partial charge in [-0.3, -0.25) is 9.35 Å². The number of anilines is 1. The Morgan fingerprint density at radius 3 is 1.98 bits per heavy atom. The lowest BCUT2D eigenvalue weighted by Crippen LogP contribution is -2.30. The SMILES string of the molecule is CCCCCCCCCCCCCCCCCC1=NN(c2ccc(Oc3ccccc3)c(S(=O)(=O)O)c2)C(=O)C1/N=N/c1ccc(O)c(OC)c1. The highest BCUT2D eigenvalue weighted by atomic mass is 32.2. The Morgan fingerprint density at radius 2 is 1.39 bits per heavy atom. The van der Waals surface area contributed by atoms with Crippen LogP contribution in [0.1, 0.15) is 110 Å². The molecule has 276 valence electrons. The van der Waals surface area contributed by atoms with Crippen molar-refractivity contribution >= 4 is 33.1 Å². The van der Waals surface area contributed by atoms with Crippen molar-refractivity contribution in [3.63, 3.8) is 0 Å². The third-order valence-corrected chi connectivity index (χ3v) is 9.77. The number of azo groups is 1. The van der Waals surface area contributed by atoms with Gasteiger partial charge in [-0.25, -0.2) is 0 Å². The monoisotopic (exact) mass is 720 g/mol. The van der Waals surface area contributed by atoms with Gasteiger partial charge in [-0.15, -0.1) is 0 Å². The van der Waals surface area contributed by atoms with Gasteiger partial charge in [-0.05, 0) is 55.3 Å². The molecule has 0 fully saturated rings. The van der Waals surface area contributed by atoms with Crippen molar-refractivity contribution in [2.75, 3.05) is 12.1 Å². The van der Waals surface area contributed by atoms with Gasteiger partial charge in [0.25, 0.3) is 16.0 Å². The number of methoxy groups -OCH3 is 1. The summed E-state index contributed by atoms with van der Waals surface area (Å²) in [5.74, 6) is -0.0722. The first-order valence-electron chi connectivity index (χ1n) is 18.2. The summed E-state index contributed by atoms with van der Waals surface area (Å²) in [5.41, 5.74) is 1.01. The van der Waals surface area contributed by atoms with Crippen LogP contribution >= 0.6 is 0 Å². The molecule has 0 saturated heterocycles. The largest absolute Gasteiger partial charge is 0.504 e. The van der Waals surface area contributed by atoms with E-state index >= 15 is 0 Å². The van der Waals surface area contributed by atoms with E-state index in [9.17, 15) is 22.9 Å². The fraction of sp³-hybridized carbons (Fsp3) is 0.487. The molecule has 0 saturated carbocycles. The Bertz CT molecular complexity index is 1710. The van der Waals surface area contributed by atoms with E-state index in [1.807, 2.05) is 0 Å². The van der Waals surface area contributed by atoms with Crippen LogP contribution in [0.25, 0.3) is 0 Å². The number of unbranched alkanes of at least 4 members (excludes halogenated alkanes) is 14. The van der Waals surface area contributed by atoms with Gasteiger partial charge >= 0.3 is 0 Å². The molecule has 1 atom stereocenters. The number of phenols is 1.